The largest absolute Gasteiger partial charge is 0.496 e. The van der Waals surface area contributed by atoms with Crippen LogP contribution < -0.4 is 4.74 Å². The van der Waals surface area contributed by atoms with Crippen molar-refractivity contribution in [1.82, 2.24) is 0 Å². The molecule has 0 aliphatic heterocycles. The number of halogens is 1. The number of rotatable bonds is 9. The average molecular weight is 285 g/mol. The molecule has 1 aromatic rings. The number of aliphatic hydroxyl groups excluding tert-OH is 1. The molecule has 3 heteroatoms. The highest BCUT2D eigenvalue weighted by Crippen LogP contribution is 2.34. The van der Waals surface area contributed by atoms with Crippen molar-refractivity contribution < 1.29 is 9.84 Å². The van der Waals surface area contributed by atoms with Gasteiger partial charge >= 0.3 is 0 Å². The molecule has 19 heavy (non-hydrogen) atoms. The lowest BCUT2D eigenvalue weighted by Gasteiger charge is -2.16. The van der Waals surface area contributed by atoms with Gasteiger partial charge in [0.15, 0.2) is 0 Å². The Labute approximate surface area is 121 Å². The average Bonchev–Trinajstić information content (AvgIpc) is 2.42. The SMILES string of the molecule is CCCCCCCCC(O)c1c(Cl)cccc1OC. The van der Waals surface area contributed by atoms with Gasteiger partial charge in [0.1, 0.15) is 5.75 Å². The minimum atomic E-state index is -0.533. The molecular weight excluding hydrogens is 260 g/mol. The number of hydrogen-bond donors (Lipinski definition) is 1. The van der Waals surface area contributed by atoms with Gasteiger partial charge in [-0.1, -0.05) is 63.1 Å². The molecule has 108 valence electrons. The molecule has 1 rings (SSSR count). The van der Waals surface area contributed by atoms with Gasteiger partial charge in [-0.2, -0.15) is 0 Å². The lowest BCUT2D eigenvalue weighted by molar-refractivity contribution is 0.159. The van der Waals surface area contributed by atoms with E-state index >= 15 is 0 Å². The maximum absolute atomic E-state index is 10.3. The molecule has 1 aromatic carbocycles. The summed E-state index contributed by atoms with van der Waals surface area (Å²) in [4.78, 5) is 0. The van der Waals surface area contributed by atoms with Crippen molar-refractivity contribution in [2.24, 2.45) is 0 Å². The Morgan fingerprint density at radius 2 is 1.84 bits per heavy atom. The number of hydrogen-bond acceptors (Lipinski definition) is 2. The van der Waals surface area contributed by atoms with Gasteiger partial charge in [-0.15, -0.1) is 0 Å². The van der Waals surface area contributed by atoms with Gasteiger partial charge in [0.25, 0.3) is 0 Å². The van der Waals surface area contributed by atoms with Crippen LogP contribution in [0.3, 0.4) is 0 Å². The predicted molar refractivity (Wildman–Crippen MR) is 81.0 cm³/mol. The first-order valence-electron chi connectivity index (χ1n) is 7.21. The van der Waals surface area contributed by atoms with Crippen LogP contribution in [0.25, 0.3) is 0 Å². The third-order valence-corrected chi connectivity index (χ3v) is 3.73. The van der Waals surface area contributed by atoms with E-state index in [1.807, 2.05) is 12.1 Å². The summed E-state index contributed by atoms with van der Waals surface area (Å²) in [6, 6.07) is 5.47. The molecule has 0 spiro atoms. The van der Waals surface area contributed by atoms with E-state index in [0.717, 1.165) is 18.4 Å². The number of benzene rings is 1. The van der Waals surface area contributed by atoms with E-state index in [-0.39, 0.29) is 0 Å². The highest BCUT2D eigenvalue weighted by Gasteiger charge is 2.16. The Morgan fingerprint density at radius 1 is 1.16 bits per heavy atom. The second-order valence-electron chi connectivity index (χ2n) is 4.93. The summed E-state index contributed by atoms with van der Waals surface area (Å²) >= 11 is 6.14. The molecule has 1 atom stereocenters. The third-order valence-electron chi connectivity index (χ3n) is 3.40. The Hall–Kier alpha value is -0.730. The maximum atomic E-state index is 10.3. The molecule has 0 aromatic heterocycles. The minimum absolute atomic E-state index is 0.533. The van der Waals surface area contributed by atoms with Gasteiger partial charge in [-0.3, -0.25) is 0 Å². The van der Waals surface area contributed by atoms with Crippen molar-refractivity contribution in [2.75, 3.05) is 7.11 Å². The first-order valence-corrected chi connectivity index (χ1v) is 7.59. The molecule has 0 aliphatic rings. The van der Waals surface area contributed by atoms with E-state index in [4.69, 9.17) is 16.3 Å². The minimum Gasteiger partial charge on any atom is -0.496 e. The molecule has 0 radical (unpaired) electrons. The van der Waals surface area contributed by atoms with Gasteiger partial charge in [0.05, 0.1) is 18.2 Å². The normalized spacial score (nSPS) is 12.4. The lowest BCUT2D eigenvalue weighted by atomic mass is 10.0. The Bertz CT molecular complexity index is 366. The van der Waals surface area contributed by atoms with Gasteiger partial charge in [-0.05, 0) is 18.6 Å². The predicted octanol–water partition coefficient (Wildman–Crippen LogP) is 5.13. The maximum Gasteiger partial charge on any atom is 0.126 e. The van der Waals surface area contributed by atoms with Crippen LogP contribution in [0.2, 0.25) is 5.02 Å². The van der Waals surface area contributed by atoms with Crippen molar-refractivity contribution >= 4 is 11.6 Å². The van der Waals surface area contributed by atoms with Crippen LogP contribution >= 0.6 is 11.6 Å². The Balaban J connectivity index is 2.43. The van der Waals surface area contributed by atoms with Crippen LogP contribution in [-0.4, -0.2) is 12.2 Å². The second-order valence-corrected chi connectivity index (χ2v) is 5.34. The highest BCUT2D eigenvalue weighted by molar-refractivity contribution is 6.31. The molecule has 1 unspecified atom stereocenters. The van der Waals surface area contributed by atoms with Crippen LogP contribution in [0, 0.1) is 0 Å². The standard InChI is InChI=1S/C16H25ClO2/c1-3-4-5-6-7-8-11-14(18)16-13(17)10-9-12-15(16)19-2/h9-10,12,14,18H,3-8,11H2,1-2H3. The first kappa shape index (κ1) is 16.3. The van der Waals surface area contributed by atoms with Crippen molar-refractivity contribution in [2.45, 2.75) is 58.0 Å². The van der Waals surface area contributed by atoms with Gasteiger partial charge in [-0.25, -0.2) is 0 Å². The van der Waals surface area contributed by atoms with Crippen molar-refractivity contribution in [1.29, 1.82) is 0 Å². The molecule has 0 saturated heterocycles. The quantitative estimate of drug-likeness (QED) is 0.637. The zero-order valence-electron chi connectivity index (χ0n) is 12.0. The lowest BCUT2D eigenvalue weighted by Crippen LogP contribution is -2.01. The van der Waals surface area contributed by atoms with E-state index in [9.17, 15) is 5.11 Å². The van der Waals surface area contributed by atoms with E-state index < -0.39 is 6.10 Å². The smallest absolute Gasteiger partial charge is 0.126 e. The molecule has 0 heterocycles. The highest BCUT2D eigenvalue weighted by atomic mass is 35.5. The second kappa shape index (κ2) is 9.22. The van der Waals surface area contributed by atoms with Crippen molar-refractivity contribution in [3.8, 4) is 5.75 Å². The summed E-state index contributed by atoms with van der Waals surface area (Å²) < 4.78 is 5.26. The summed E-state index contributed by atoms with van der Waals surface area (Å²) in [7, 11) is 1.60. The topological polar surface area (TPSA) is 29.5 Å². The fraction of sp³-hybridized carbons (Fsp3) is 0.625. The van der Waals surface area contributed by atoms with E-state index in [1.54, 1.807) is 13.2 Å². The molecule has 1 N–H and O–H groups in total. The van der Waals surface area contributed by atoms with Crippen LogP contribution in [0.5, 0.6) is 5.75 Å². The van der Waals surface area contributed by atoms with Crippen LogP contribution in [0.4, 0.5) is 0 Å². The summed E-state index contributed by atoms with van der Waals surface area (Å²) in [5, 5.41) is 10.8. The van der Waals surface area contributed by atoms with Gasteiger partial charge in [0, 0.05) is 5.56 Å². The number of aliphatic hydroxyl groups is 1. The van der Waals surface area contributed by atoms with Gasteiger partial charge < -0.3 is 9.84 Å². The summed E-state index contributed by atoms with van der Waals surface area (Å²) in [6.07, 6.45) is 7.52. The molecule has 0 fully saturated rings. The monoisotopic (exact) mass is 284 g/mol. The fourth-order valence-corrected chi connectivity index (χ4v) is 2.57. The Kier molecular flexibility index (Phi) is 7.92. The van der Waals surface area contributed by atoms with E-state index in [0.29, 0.717) is 10.8 Å². The summed E-state index contributed by atoms with van der Waals surface area (Å²) in [5.41, 5.74) is 0.722. The van der Waals surface area contributed by atoms with Crippen LogP contribution in [0.15, 0.2) is 18.2 Å². The summed E-state index contributed by atoms with van der Waals surface area (Å²) in [5.74, 6) is 0.672. The van der Waals surface area contributed by atoms with Crippen LogP contribution in [-0.2, 0) is 0 Å². The van der Waals surface area contributed by atoms with E-state index in [1.165, 1.54) is 32.1 Å². The van der Waals surface area contributed by atoms with Crippen molar-refractivity contribution in [3.05, 3.63) is 28.8 Å². The molecule has 0 bridgehead atoms. The fourth-order valence-electron chi connectivity index (χ4n) is 2.28. The molecule has 2 nitrogen and oxygen atoms in total. The van der Waals surface area contributed by atoms with Crippen LogP contribution in [0.1, 0.15) is 63.5 Å². The number of methoxy groups -OCH3 is 1. The molecular formula is C16H25ClO2. The van der Waals surface area contributed by atoms with Crippen molar-refractivity contribution in [3.63, 3.8) is 0 Å². The molecule has 0 saturated carbocycles. The molecule has 0 aliphatic carbocycles. The van der Waals surface area contributed by atoms with Gasteiger partial charge in [0.2, 0.25) is 0 Å². The summed E-state index contributed by atoms with van der Waals surface area (Å²) in [6.45, 7) is 2.22. The third kappa shape index (κ3) is 5.42. The number of ether oxygens (including phenoxy) is 1. The Morgan fingerprint density at radius 3 is 2.53 bits per heavy atom. The molecule has 0 amide bonds. The zero-order valence-corrected chi connectivity index (χ0v) is 12.7. The zero-order chi connectivity index (χ0) is 14.1. The van der Waals surface area contributed by atoms with E-state index in [2.05, 4.69) is 6.92 Å². The first-order chi connectivity index (χ1) is 9.20. The number of unbranched alkanes of at least 4 members (excludes halogenated alkanes) is 5.